The lowest BCUT2D eigenvalue weighted by molar-refractivity contribution is 0.0695. The van der Waals surface area contributed by atoms with Crippen molar-refractivity contribution in [2.24, 2.45) is 0 Å². The molecule has 0 heterocycles. The van der Waals surface area contributed by atoms with Crippen molar-refractivity contribution >= 4 is 5.97 Å². The molecular weight excluding hydrogens is 276 g/mol. The van der Waals surface area contributed by atoms with Gasteiger partial charge in [0.15, 0.2) is 0 Å². The molecule has 1 aromatic rings. The highest BCUT2D eigenvalue weighted by Crippen LogP contribution is 2.20. The van der Waals surface area contributed by atoms with E-state index in [1.54, 1.807) is 6.07 Å². The number of hydrogen-bond acceptors (Lipinski definition) is 2. The lowest BCUT2D eigenvalue weighted by Crippen LogP contribution is -2.02. The van der Waals surface area contributed by atoms with Crippen molar-refractivity contribution in [3.05, 3.63) is 29.3 Å². The first kappa shape index (κ1) is 18.5. The molecule has 0 aliphatic heterocycles. The summed E-state index contributed by atoms with van der Waals surface area (Å²) < 4.78 is 0. The van der Waals surface area contributed by atoms with Crippen LogP contribution in [-0.4, -0.2) is 16.2 Å². The van der Waals surface area contributed by atoms with Gasteiger partial charge < -0.3 is 10.2 Å². The summed E-state index contributed by atoms with van der Waals surface area (Å²) in [5, 5.41) is 18.6. The fourth-order valence-electron chi connectivity index (χ4n) is 2.80. The Balaban J connectivity index is 2.15. The molecule has 0 bridgehead atoms. The summed E-state index contributed by atoms with van der Waals surface area (Å²) >= 11 is 0. The third-order valence-electron chi connectivity index (χ3n) is 4.12. The zero-order chi connectivity index (χ0) is 16.2. The first-order valence-corrected chi connectivity index (χ1v) is 8.70. The highest BCUT2D eigenvalue weighted by molar-refractivity contribution is 5.89. The Bertz CT molecular complexity index is 440. The van der Waals surface area contributed by atoms with Gasteiger partial charge in [0.05, 0.1) is 5.56 Å². The Kier molecular flexibility index (Phi) is 9.36. The van der Waals surface area contributed by atoms with Crippen LogP contribution in [0.15, 0.2) is 18.2 Å². The maximum absolute atomic E-state index is 11.1. The minimum absolute atomic E-state index is 0.145. The van der Waals surface area contributed by atoms with Gasteiger partial charge in [-0.2, -0.15) is 0 Å². The molecule has 0 spiro atoms. The summed E-state index contributed by atoms with van der Waals surface area (Å²) in [5.41, 5.74) is 1.06. The molecule has 0 aliphatic carbocycles. The first-order chi connectivity index (χ1) is 10.6. The summed E-state index contributed by atoms with van der Waals surface area (Å²) in [6.07, 6.45) is 13.4. The SMILES string of the molecule is CCCCCCCCCCCCc1cc(O)ccc1C(=O)O. The van der Waals surface area contributed by atoms with Gasteiger partial charge in [-0.05, 0) is 36.6 Å². The molecule has 124 valence electrons. The number of carboxylic acids is 1. The normalized spacial score (nSPS) is 10.8. The quantitative estimate of drug-likeness (QED) is 0.497. The monoisotopic (exact) mass is 306 g/mol. The molecule has 0 saturated carbocycles. The van der Waals surface area contributed by atoms with Crippen LogP contribution in [0.1, 0.15) is 87.1 Å². The van der Waals surface area contributed by atoms with E-state index in [4.69, 9.17) is 5.11 Å². The Hall–Kier alpha value is -1.51. The second-order valence-corrected chi connectivity index (χ2v) is 6.08. The fourth-order valence-corrected chi connectivity index (χ4v) is 2.80. The predicted octanol–water partition coefficient (Wildman–Crippen LogP) is 5.55. The average Bonchev–Trinajstić information content (AvgIpc) is 2.49. The Morgan fingerprint density at radius 1 is 0.909 bits per heavy atom. The Labute approximate surface area is 134 Å². The van der Waals surface area contributed by atoms with Crippen LogP contribution in [0.2, 0.25) is 0 Å². The Morgan fingerprint density at radius 2 is 1.45 bits per heavy atom. The van der Waals surface area contributed by atoms with Crippen LogP contribution in [-0.2, 0) is 6.42 Å². The topological polar surface area (TPSA) is 57.5 Å². The van der Waals surface area contributed by atoms with Crippen molar-refractivity contribution in [3.63, 3.8) is 0 Å². The van der Waals surface area contributed by atoms with Gasteiger partial charge in [0.1, 0.15) is 5.75 Å². The van der Waals surface area contributed by atoms with Crippen molar-refractivity contribution in [2.75, 3.05) is 0 Å². The number of aromatic hydroxyl groups is 1. The molecule has 22 heavy (non-hydrogen) atoms. The molecular formula is C19H30O3. The van der Waals surface area contributed by atoms with Crippen LogP contribution >= 0.6 is 0 Å². The van der Waals surface area contributed by atoms with E-state index in [2.05, 4.69) is 6.92 Å². The maximum Gasteiger partial charge on any atom is 0.335 e. The van der Waals surface area contributed by atoms with E-state index < -0.39 is 5.97 Å². The summed E-state index contributed by atoms with van der Waals surface area (Å²) in [6.45, 7) is 2.24. The number of aryl methyl sites for hydroxylation is 1. The van der Waals surface area contributed by atoms with Gasteiger partial charge in [0.2, 0.25) is 0 Å². The van der Waals surface area contributed by atoms with Gasteiger partial charge in [-0.3, -0.25) is 0 Å². The molecule has 3 nitrogen and oxygen atoms in total. The van der Waals surface area contributed by atoms with Gasteiger partial charge in [0, 0.05) is 0 Å². The number of benzene rings is 1. The number of carbonyl (C=O) groups is 1. The largest absolute Gasteiger partial charge is 0.508 e. The molecule has 0 radical (unpaired) electrons. The second-order valence-electron chi connectivity index (χ2n) is 6.08. The molecule has 0 atom stereocenters. The van der Waals surface area contributed by atoms with Crippen LogP contribution in [0.4, 0.5) is 0 Å². The molecule has 0 unspecified atom stereocenters. The van der Waals surface area contributed by atoms with Gasteiger partial charge in [-0.1, -0.05) is 64.7 Å². The minimum Gasteiger partial charge on any atom is -0.508 e. The van der Waals surface area contributed by atoms with Crippen LogP contribution in [0.5, 0.6) is 5.75 Å². The van der Waals surface area contributed by atoms with E-state index >= 15 is 0 Å². The van der Waals surface area contributed by atoms with Crippen molar-refractivity contribution in [1.29, 1.82) is 0 Å². The molecule has 0 aromatic heterocycles. The summed E-state index contributed by atoms with van der Waals surface area (Å²) in [4.78, 5) is 11.1. The number of aromatic carboxylic acids is 1. The molecule has 0 amide bonds. The highest BCUT2D eigenvalue weighted by atomic mass is 16.4. The summed E-state index contributed by atoms with van der Waals surface area (Å²) in [6, 6.07) is 4.51. The molecule has 1 aromatic carbocycles. The first-order valence-electron chi connectivity index (χ1n) is 8.70. The lowest BCUT2D eigenvalue weighted by Gasteiger charge is -2.07. The summed E-state index contributed by atoms with van der Waals surface area (Å²) in [7, 11) is 0. The zero-order valence-corrected chi connectivity index (χ0v) is 13.8. The van der Waals surface area contributed by atoms with E-state index in [9.17, 15) is 9.90 Å². The number of unbranched alkanes of at least 4 members (excludes halogenated alkanes) is 9. The number of carboxylic acid groups (broad SMARTS) is 1. The van der Waals surface area contributed by atoms with E-state index in [1.165, 1.54) is 63.5 Å². The zero-order valence-electron chi connectivity index (χ0n) is 13.8. The lowest BCUT2D eigenvalue weighted by atomic mass is 9.99. The highest BCUT2D eigenvalue weighted by Gasteiger charge is 2.10. The molecule has 2 N–H and O–H groups in total. The minimum atomic E-state index is -0.915. The third-order valence-corrected chi connectivity index (χ3v) is 4.12. The van der Waals surface area contributed by atoms with Crippen LogP contribution in [0.25, 0.3) is 0 Å². The van der Waals surface area contributed by atoms with Crippen LogP contribution in [0.3, 0.4) is 0 Å². The van der Waals surface area contributed by atoms with Crippen LogP contribution < -0.4 is 0 Å². The predicted molar refractivity (Wildman–Crippen MR) is 90.6 cm³/mol. The smallest absolute Gasteiger partial charge is 0.335 e. The number of rotatable bonds is 12. The number of phenols is 1. The second kappa shape index (κ2) is 11.1. The van der Waals surface area contributed by atoms with E-state index in [0.717, 1.165) is 24.8 Å². The molecule has 0 fully saturated rings. The van der Waals surface area contributed by atoms with Crippen molar-refractivity contribution in [2.45, 2.75) is 77.6 Å². The average molecular weight is 306 g/mol. The van der Waals surface area contributed by atoms with Gasteiger partial charge in [-0.25, -0.2) is 4.79 Å². The van der Waals surface area contributed by atoms with Crippen molar-refractivity contribution in [3.8, 4) is 5.75 Å². The molecule has 0 aliphatic rings. The molecule has 3 heteroatoms. The standard InChI is InChI=1S/C19H30O3/c1-2-3-4-5-6-7-8-9-10-11-12-16-15-17(20)13-14-18(16)19(21)22/h13-15,20H,2-12H2,1H3,(H,21,22). The molecule has 0 saturated heterocycles. The number of phenolic OH excluding ortho intramolecular Hbond substituents is 1. The van der Waals surface area contributed by atoms with Gasteiger partial charge >= 0.3 is 5.97 Å². The van der Waals surface area contributed by atoms with Crippen LogP contribution in [0, 0.1) is 0 Å². The van der Waals surface area contributed by atoms with Crippen molar-refractivity contribution < 1.29 is 15.0 Å². The number of hydrogen-bond donors (Lipinski definition) is 2. The van der Waals surface area contributed by atoms with Gasteiger partial charge in [0.25, 0.3) is 0 Å². The maximum atomic E-state index is 11.1. The van der Waals surface area contributed by atoms with E-state index in [0.29, 0.717) is 5.56 Å². The van der Waals surface area contributed by atoms with Crippen molar-refractivity contribution in [1.82, 2.24) is 0 Å². The van der Waals surface area contributed by atoms with Gasteiger partial charge in [-0.15, -0.1) is 0 Å². The Morgan fingerprint density at radius 3 is 2.00 bits per heavy atom. The third kappa shape index (κ3) is 7.48. The van der Waals surface area contributed by atoms with E-state index in [1.807, 2.05) is 0 Å². The molecule has 1 rings (SSSR count). The van der Waals surface area contributed by atoms with E-state index in [-0.39, 0.29) is 5.75 Å². The summed E-state index contributed by atoms with van der Waals surface area (Å²) in [5.74, 6) is -0.769. The fraction of sp³-hybridized carbons (Fsp3) is 0.632.